The van der Waals surface area contributed by atoms with Crippen LogP contribution in [0.2, 0.25) is 0 Å². The van der Waals surface area contributed by atoms with Crippen LogP contribution in [-0.2, 0) is 0 Å². The summed E-state index contributed by atoms with van der Waals surface area (Å²) in [5, 5.41) is 3.79. The lowest BCUT2D eigenvalue weighted by atomic mass is 9.71. The smallest absolute Gasteiger partial charge is 0.00672 e. The van der Waals surface area contributed by atoms with Crippen molar-refractivity contribution in [3.63, 3.8) is 0 Å². The lowest BCUT2D eigenvalue weighted by molar-refractivity contribution is 0.160. The second-order valence-electron chi connectivity index (χ2n) is 7.97. The van der Waals surface area contributed by atoms with E-state index in [2.05, 4.69) is 63.3 Å². The van der Waals surface area contributed by atoms with Crippen molar-refractivity contribution in [2.24, 2.45) is 11.3 Å². The first kappa shape index (κ1) is 16.5. The third-order valence-corrected chi connectivity index (χ3v) is 5.33. The van der Waals surface area contributed by atoms with Crippen LogP contribution in [0.5, 0.6) is 0 Å². The molecule has 1 fully saturated rings. The van der Waals surface area contributed by atoms with Crippen molar-refractivity contribution in [3.8, 4) is 0 Å². The van der Waals surface area contributed by atoms with Gasteiger partial charge in [-0.05, 0) is 61.5 Å². The number of hydrogen-bond acceptors (Lipinski definition) is 1. The second-order valence-corrected chi connectivity index (χ2v) is 7.97. The van der Waals surface area contributed by atoms with Gasteiger partial charge in [0.1, 0.15) is 0 Å². The summed E-state index contributed by atoms with van der Waals surface area (Å²) in [5.74, 6) is 1.57. The van der Waals surface area contributed by atoms with Gasteiger partial charge in [-0.25, -0.2) is 0 Å². The van der Waals surface area contributed by atoms with E-state index in [9.17, 15) is 0 Å². The van der Waals surface area contributed by atoms with Crippen LogP contribution in [0.4, 0.5) is 0 Å². The molecular formula is C20H33N. The molecule has 1 aromatic rings. The van der Waals surface area contributed by atoms with E-state index in [0.717, 1.165) is 18.5 Å². The Kier molecular flexibility index (Phi) is 5.87. The van der Waals surface area contributed by atoms with E-state index in [-0.39, 0.29) is 0 Å². The molecule has 1 unspecified atom stereocenters. The molecule has 1 saturated carbocycles. The van der Waals surface area contributed by atoms with Gasteiger partial charge in [-0.1, -0.05) is 58.0 Å². The molecule has 0 radical (unpaired) electrons. The quantitative estimate of drug-likeness (QED) is 0.767. The standard InChI is InChI=1S/C20H33N/c1-16(17-8-6-5-7-9-17)14-15-21-19-12-10-18(11-13-19)20(2,3)4/h5-9,16,18-19,21H,10-15H2,1-4H3. The molecule has 21 heavy (non-hydrogen) atoms. The topological polar surface area (TPSA) is 12.0 Å². The molecule has 0 heterocycles. The summed E-state index contributed by atoms with van der Waals surface area (Å²) in [6.45, 7) is 10.7. The van der Waals surface area contributed by atoms with Gasteiger partial charge in [-0.2, -0.15) is 0 Å². The van der Waals surface area contributed by atoms with Crippen molar-refractivity contribution in [3.05, 3.63) is 35.9 Å². The highest BCUT2D eigenvalue weighted by molar-refractivity contribution is 5.18. The molecule has 118 valence electrons. The van der Waals surface area contributed by atoms with Gasteiger partial charge in [0.15, 0.2) is 0 Å². The summed E-state index contributed by atoms with van der Waals surface area (Å²) < 4.78 is 0. The maximum atomic E-state index is 3.79. The Labute approximate surface area is 131 Å². The first-order valence-corrected chi connectivity index (χ1v) is 8.75. The van der Waals surface area contributed by atoms with Crippen molar-refractivity contribution < 1.29 is 0 Å². The minimum Gasteiger partial charge on any atom is -0.314 e. The van der Waals surface area contributed by atoms with Crippen molar-refractivity contribution in [1.82, 2.24) is 5.32 Å². The summed E-state index contributed by atoms with van der Waals surface area (Å²) in [6.07, 6.45) is 6.76. The number of hydrogen-bond donors (Lipinski definition) is 1. The van der Waals surface area contributed by atoms with E-state index in [1.165, 1.54) is 37.7 Å². The monoisotopic (exact) mass is 287 g/mol. The molecule has 0 aliphatic heterocycles. The maximum Gasteiger partial charge on any atom is 0.00672 e. The molecule has 0 aromatic heterocycles. The first-order chi connectivity index (χ1) is 9.97. The lowest BCUT2D eigenvalue weighted by Gasteiger charge is -2.37. The Morgan fingerprint density at radius 1 is 1.05 bits per heavy atom. The van der Waals surface area contributed by atoms with Gasteiger partial charge in [-0.15, -0.1) is 0 Å². The van der Waals surface area contributed by atoms with Crippen molar-refractivity contribution >= 4 is 0 Å². The van der Waals surface area contributed by atoms with Gasteiger partial charge in [-0.3, -0.25) is 0 Å². The molecule has 1 aromatic carbocycles. The van der Waals surface area contributed by atoms with E-state index in [1.807, 2.05) is 0 Å². The van der Waals surface area contributed by atoms with Crippen LogP contribution in [0.25, 0.3) is 0 Å². The number of benzene rings is 1. The Morgan fingerprint density at radius 2 is 1.67 bits per heavy atom. The molecular weight excluding hydrogens is 254 g/mol. The molecule has 0 amide bonds. The molecule has 1 heteroatoms. The molecule has 0 spiro atoms. The van der Waals surface area contributed by atoms with Crippen LogP contribution in [0.3, 0.4) is 0 Å². The van der Waals surface area contributed by atoms with Gasteiger partial charge >= 0.3 is 0 Å². The van der Waals surface area contributed by atoms with Crippen molar-refractivity contribution in [2.45, 2.75) is 71.8 Å². The third kappa shape index (κ3) is 5.14. The lowest BCUT2D eigenvalue weighted by Crippen LogP contribution is -2.36. The SMILES string of the molecule is CC(CCNC1CCC(C(C)(C)C)CC1)c1ccccc1. The summed E-state index contributed by atoms with van der Waals surface area (Å²) in [6, 6.07) is 11.6. The summed E-state index contributed by atoms with van der Waals surface area (Å²) in [5.41, 5.74) is 1.96. The maximum absolute atomic E-state index is 3.79. The van der Waals surface area contributed by atoms with Gasteiger partial charge in [0.05, 0.1) is 0 Å². The van der Waals surface area contributed by atoms with Crippen LogP contribution >= 0.6 is 0 Å². The van der Waals surface area contributed by atoms with E-state index in [0.29, 0.717) is 11.3 Å². The van der Waals surface area contributed by atoms with Gasteiger partial charge in [0, 0.05) is 6.04 Å². The van der Waals surface area contributed by atoms with Crippen LogP contribution in [0.15, 0.2) is 30.3 Å². The highest BCUT2D eigenvalue weighted by Crippen LogP contribution is 2.37. The normalized spacial score (nSPS) is 24.8. The molecule has 0 saturated heterocycles. The largest absolute Gasteiger partial charge is 0.314 e. The zero-order chi connectivity index (χ0) is 15.3. The van der Waals surface area contributed by atoms with Crippen LogP contribution in [0.1, 0.15) is 71.3 Å². The summed E-state index contributed by atoms with van der Waals surface area (Å²) in [7, 11) is 0. The van der Waals surface area contributed by atoms with Crippen molar-refractivity contribution in [1.29, 1.82) is 0 Å². The minimum atomic E-state index is 0.493. The zero-order valence-electron chi connectivity index (χ0n) is 14.4. The predicted octanol–water partition coefficient (Wildman–Crippen LogP) is 5.37. The molecule has 2 rings (SSSR count). The Bertz CT molecular complexity index is 396. The predicted molar refractivity (Wildman–Crippen MR) is 92.7 cm³/mol. The fraction of sp³-hybridized carbons (Fsp3) is 0.700. The zero-order valence-corrected chi connectivity index (χ0v) is 14.4. The van der Waals surface area contributed by atoms with E-state index in [1.54, 1.807) is 0 Å². The fourth-order valence-electron chi connectivity index (χ4n) is 3.62. The Hall–Kier alpha value is -0.820. The average molecular weight is 287 g/mol. The second kappa shape index (κ2) is 7.45. The molecule has 1 aliphatic carbocycles. The van der Waals surface area contributed by atoms with Gasteiger partial charge in [0.25, 0.3) is 0 Å². The molecule has 1 nitrogen and oxygen atoms in total. The van der Waals surface area contributed by atoms with Crippen molar-refractivity contribution in [2.75, 3.05) is 6.54 Å². The highest BCUT2D eigenvalue weighted by Gasteiger charge is 2.29. The first-order valence-electron chi connectivity index (χ1n) is 8.75. The Morgan fingerprint density at radius 3 is 2.24 bits per heavy atom. The number of nitrogens with one attached hydrogen (secondary N) is 1. The van der Waals surface area contributed by atoms with E-state index in [4.69, 9.17) is 0 Å². The molecule has 1 N–H and O–H groups in total. The summed E-state index contributed by atoms with van der Waals surface area (Å²) >= 11 is 0. The van der Waals surface area contributed by atoms with Gasteiger partial charge < -0.3 is 5.32 Å². The van der Waals surface area contributed by atoms with E-state index < -0.39 is 0 Å². The highest BCUT2D eigenvalue weighted by atomic mass is 14.9. The summed E-state index contributed by atoms with van der Waals surface area (Å²) in [4.78, 5) is 0. The fourth-order valence-corrected chi connectivity index (χ4v) is 3.62. The number of rotatable bonds is 5. The Balaban J connectivity index is 1.66. The molecule has 1 aliphatic rings. The van der Waals surface area contributed by atoms with Gasteiger partial charge in [0.2, 0.25) is 0 Å². The van der Waals surface area contributed by atoms with Crippen LogP contribution in [-0.4, -0.2) is 12.6 Å². The molecule has 1 atom stereocenters. The van der Waals surface area contributed by atoms with Crippen LogP contribution < -0.4 is 5.32 Å². The van der Waals surface area contributed by atoms with Crippen LogP contribution in [0, 0.1) is 11.3 Å². The third-order valence-electron chi connectivity index (χ3n) is 5.33. The molecule has 0 bridgehead atoms. The minimum absolute atomic E-state index is 0.493. The van der Waals surface area contributed by atoms with E-state index >= 15 is 0 Å². The average Bonchev–Trinajstić information content (AvgIpc) is 2.47.